The van der Waals surface area contributed by atoms with Crippen molar-refractivity contribution in [2.45, 2.75) is 44.4 Å². The van der Waals surface area contributed by atoms with E-state index in [2.05, 4.69) is 11.3 Å². The number of aromatic hydroxyl groups is 1. The molecule has 0 aliphatic heterocycles. The Hall–Kier alpha value is -1.98. The summed E-state index contributed by atoms with van der Waals surface area (Å²) >= 11 is 0. The van der Waals surface area contributed by atoms with Gasteiger partial charge in [0.25, 0.3) is 0 Å². The summed E-state index contributed by atoms with van der Waals surface area (Å²) < 4.78 is 43.3. The minimum atomic E-state index is -4.59. The Bertz CT molecular complexity index is 480. The molecule has 1 aromatic rings. The van der Waals surface area contributed by atoms with Gasteiger partial charge in [-0.15, -0.1) is 6.58 Å². The number of alkyl halides is 3. The molecule has 3 nitrogen and oxygen atoms in total. The second kappa shape index (κ2) is 8.46. The van der Waals surface area contributed by atoms with Gasteiger partial charge in [-0.05, 0) is 49.9 Å². The number of benzene rings is 1. The summed E-state index contributed by atoms with van der Waals surface area (Å²) in [5.41, 5.74) is -0.0290. The summed E-state index contributed by atoms with van der Waals surface area (Å²) in [5.74, 6) is -1.13. The van der Waals surface area contributed by atoms with Gasteiger partial charge in [0.05, 0.1) is 5.56 Å². The maximum Gasteiger partial charge on any atom is 0.425 e. The third kappa shape index (κ3) is 6.20. The summed E-state index contributed by atoms with van der Waals surface area (Å²) in [5, 5.41) is 9.10. The van der Waals surface area contributed by atoms with Crippen molar-refractivity contribution in [2.24, 2.45) is 0 Å². The number of phenols is 1. The first-order chi connectivity index (χ1) is 10.3. The van der Waals surface area contributed by atoms with Gasteiger partial charge in [0.2, 0.25) is 0 Å². The Labute approximate surface area is 127 Å². The molecule has 6 heteroatoms. The van der Waals surface area contributed by atoms with Crippen molar-refractivity contribution in [1.82, 2.24) is 0 Å². The molecule has 1 atom stereocenters. The first-order valence-electron chi connectivity index (χ1n) is 7.02. The fraction of sp³-hybridized carbons (Fsp3) is 0.438. The quantitative estimate of drug-likeness (QED) is 0.432. The highest BCUT2D eigenvalue weighted by Gasteiger charge is 2.42. The number of hydrogen-bond donors (Lipinski definition) is 1. The van der Waals surface area contributed by atoms with Gasteiger partial charge in [-0.3, -0.25) is 0 Å². The number of hydrogen-bond acceptors (Lipinski definition) is 3. The van der Waals surface area contributed by atoms with Crippen LogP contribution in [0.25, 0.3) is 0 Å². The number of allylic oxidation sites excluding steroid dienone is 1. The molecule has 1 rings (SSSR count). The maximum absolute atomic E-state index is 12.9. The number of phenolic OH excluding ortho intramolecular Hbond substituents is 1. The number of halogens is 3. The molecule has 0 aromatic heterocycles. The minimum Gasteiger partial charge on any atom is -0.508 e. The maximum atomic E-state index is 12.9. The average molecular weight is 316 g/mol. The molecular formula is C16H19F3O3. The van der Waals surface area contributed by atoms with Gasteiger partial charge in [0.1, 0.15) is 5.75 Å². The van der Waals surface area contributed by atoms with Crippen LogP contribution in [0.2, 0.25) is 0 Å². The van der Waals surface area contributed by atoms with Crippen molar-refractivity contribution in [2.75, 3.05) is 0 Å². The van der Waals surface area contributed by atoms with Crippen molar-refractivity contribution in [3.8, 4) is 5.75 Å². The largest absolute Gasteiger partial charge is 0.508 e. The molecule has 0 saturated carbocycles. The number of rotatable bonds is 8. The van der Waals surface area contributed by atoms with Crippen LogP contribution in [0.15, 0.2) is 36.9 Å². The van der Waals surface area contributed by atoms with Gasteiger partial charge in [-0.25, -0.2) is 4.79 Å². The molecular weight excluding hydrogens is 297 g/mol. The predicted molar refractivity (Wildman–Crippen MR) is 76.6 cm³/mol. The predicted octanol–water partition coefficient (Wildman–Crippen LogP) is 4.62. The molecule has 0 amide bonds. The molecule has 0 fully saturated rings. The standard InChI is InChI=1S/C16H19F3O3/c1-2-3-4-5-6-7-14(16(17,18)19)22-15(21)12-8-10-13(20)11-9-12/h2,8-11,14,20H,1,3-7H2/t14-/m0/s1. The molecule has 0 saturated heterocycles. The van der Waals surface area contributed by atoms with E-state index in [0.29, 0.717) is 12.8 Å². The van der Waals surface area contributed by atoms with Crippen LogP contribution >= 0.6 is 0 Å². The average Bonchev–Trinajstić information content (AvgIpc) is 2.45. The Balaban J connectivity index is 2.59. The van der Waals surface area contributed by atoms with Crippen LogP contribution in [0.3, 0.4) is 0 Å². The van der Waals surface area contributed by atoms with Crippen molar-refractivity contribution < 1.29 is 27.8 Å². The van der Waals surface area contributed by atoms with E-state index in [1.807, 2.05) is 0 Å². The van der Waals surface area contributed by atoms with E-state index in [4.69, 9.17) is 5.11 Å². The van der Waals surface area contributed by atoms with Gasteiger partial charge in [0, 0.05) is 0 Å². The number of carbonyl (C=O) groups excluding carboxylic acids is 1. The van der Waals surface area contributed by atoms with Crippen LogP contribution < -0.4 is 0 Å². The summed E-state index contributed by atoms with van der Waals surface area (Å²) in [6.45, 7) is 3.54. The molecule has 0 aliphatic carbocycles. The van der Waals surface area contributed by atoms with Crippen LogP contribution in [-0.2, 0) is 4.74 Å². The summed E-state index contributed by atoms with van der Waals surface area (Å²) in [7, 11) is 0. The van der Waals surface area contributed by atoms with E-state index in [1.165, 1.54) is 24.3 Å². The summed E-state index contributed by atoms with van der Waals surface area (Å²) in [6, 6.07) is 4.87. The molecule has 0 bridgehead atoms. The topological polar surface area (TPSA) is 46.5 Å². The van der Waals surface area contributed by atoms with E-state index >= 15 is 0 Å². The van der Waals surface area contributed by atoms with E-state index < -0.39 is 18.2 Å². The van der Waals surface area contributed by atoms with E-state index in [9.17, 15) is 18.0 Å². The van der Waals surface area contributed by atoms with Gasteiger partial charge in [0.15, 0.2) is 6.10 Å². The number of ether oxygens (including phenoxy) is 1. The molecule has 0 aliphatic rings. The Morgan fingerprint density at radius 3 is 2.41 bits per heavy atom. The lowest BCUT2D eigenvalue weighted by Crippen LogP contribution is -2.33. The third-order valence-electron chi connectivity index (χ3n) is 3.09. The van der Waals surface area contributed by atoms with Crippen LogP contribution in [0.5, 0.6) is 5.75 Å². The van der Waals surface area contributed by atoms with Gasteiger partial charge >= 0.3 is 12.1 Å². The van der Waals surface area contributed by atoms with Crippen LogP contribution in [0.1, 0.15) is 42.5 Å². The molecule has 0 heterocycles. The molecule has 1 aromatic carbocycles. The highest BCUT2D eigenvalue weighted by Crippen LogP contribution is 2.28. The molecule has 0 unspecified atom stereocenters. The molecule has 0 radical (unpaired) electrons. The van der Waals surface area contributed by atoms with Crippen LogP contribution in [0.4, 0.5) is 13.2 Å². The van der Waals surface area contributed by atoms with Crippen molar-refractivity contribution in [3.05, 3.63) is 42.5 Å². The zero-order valence-electron chi connectivity index (χ0n) is 12.1. The number of unbranched alkanes of at least 4 members (excludes halogenated alkanes) is 3. The van der Waals surface area contributed by atoms with Crippen molar-refractivity contribution in [1.29, 1.82) is 0 Å². The molecule has 22 heavy (non-hydrogen) atoms. The minimum absolute atomic E-state index is 0.0290. The number of carbonyl (C=O) groups is 1. The number of esters is 1. The Kier molecular flexibility index (Phi) is 6.95. The SMILES string of the molecule is C=CCCCCC[C@H](OC(=O)c1ccc(O)cc1)C(F)(F)F. The zero-order valence-corrected chi connectivity index (χ0v) is 12.1. The van der Waals surface area contributed by atoms with E-state index in [-0.39, 0.29) is 17.7 Å². The highest BCUT2D eigenvalue weighted by molar-refractivity contribution is 5.89. The summed E-state index contributed by atoms with van der Waals surface area (Å²) in [6.07, 6.45) is -2.79. The van der Waals surface area contributed by atoms with Crippen LogP contribution in [0, 0.1) is 0 Å². The fourth-order valence-corrected chi connectivity index (χ4v) is 1.88. The van der Waals surface area contributed by atoms with Gasteiger partial charge in [-0.2, -0.15) is 13.2 Å². The normalized spacial score (nSPS) is 12.7. The monoisotopic (exact) mass is 316 g/mol. The Morgan fingerprint density at radius 1 is 1.23 bits per heavy atom. The Morgan fingerprint density at radius 2 is 1.86 bits per heavy atom. The highest BCUT2D eigenvalue weighted by atomic mass is 19.4. The lowest BCUT2D eigenvalue weighted by Gasteiger charge is -2.20. The first-order valence-corrected chi connectivity index (χ1v) is 7.02. The molecule has 122 valence electrons. The lowest BCUT2D eigenvalue weighted by atomic mass is 10.1. The zero-order chi connectivity index (χ0) is 16.6. The van der Waals surface area contributed by atoms with E-state index in [0.717, 1.165) is 12.8 Å². The smallest absolute Gasteiger partial charge is 0.425 e. The van der Waals surface area contributed by atoms with E-state index in [1.54, 1.807) is 6.08 Å². The van der Waals surface area contributed by atoms with Crippen molar-refractivity contribution in [3.63, 3.8) is 0 Å². The lowest BCUT2D eigenvalue weighted by molar-refractivity contribution is -0.206. The van der Waals surface area contributed by atoms with Crippen molar-refractivity contribution >= 4 is 5.97 Å². The third-order valence-corrected chi connectivity index (χ3v) is 3.09. The second-order valence-electron chi connectivity index (χ2n) is 4.91. The van der Waals surface area contributed by atoms with Gasteiger partial charge in [-0.1, -0.05) is 12.5 Å². The fourth-order valence-electron chi connectivity index (χ4n) is 1.88. The van der Waals surface area contributed by atoms with Gasteiger partial charge < -0.3 is 9.84 Å². The summed E-state index contributed by atoms with van der Waals surface area (Å²) in [4.78, 5) is 11.7. The van der Waals surface area contributed by atoms with Crippen LogP contribution in [-0.4, -0.2) is 23.4 Å². The first kappa shape index (κ1) is 18.1. The molecule has 1 N–H and O–H groups in total. The molecule has 0 spiro atoms. The second-order valence-corrected chi connectivity index (χ2v) is 4.91.